The zero-order valence-electron chi connectivity index (χ0n) is 20.0. The second-order valence-electron chi connectivity index (χ2n) is 8.37. The van der Waals surface area contributed by atoms with Gasteiger partial charge in [-0.3, -0.25) is 14.5 Å². The topological polar surface area (TPSA) is 89.0 Å². The quantitative estimate of drug-likeness (QED) is 0.209. The maximum absolute atomic E-state index is 13.4. The molecular weight excluding hydrogens is 476 g/mol. The largest absolute Gasteiger partial charge is 0.507 e. The lowest BCUT2D eigenvalue weighted by Gasteiger charge is -2.23. The maximum Gasteiger partial charge on any atom is 0.301 e. The number of fused-ring (bicyclic) bond motifs is 1. The minimum absolute atomic E-state index is 0.00532. The fourth-order valence-electron chi connectivity index (χ4n) is 4.31. The first-order valence-electron chi connectivity index (χ1n) is 11.5. The van der Waals surface area contributed by atoms with Crippen molar-refractivity contribution in [3.05, 3.63) is 89.0 Å². The van der Waals surface area contributed by atoms with Crippen molar-refractivity contribution in [2.45, 2.75) is 19.9 Å². The molecule has 0 saturated carbocycles. The van der Waals surface area contributed by atoms with Gasteiger partial charge in [-0.15, -0.1) is 0 Å². The second-order valence-corrected chi connectivity index (χ2v) is 9.38. The molecule has 2 heterocycles. The van der Waals surface area contributed by atoms with Crippen LogP contribution in [0.25, 0.3) is 16.0 Å². The number of carbonyl (C=O) groups is 2. The number of aryl methyl sites for hydroxylation is 1. The number of Topliss-reactive ketones (excluding diaryl/α,β-unsaturated/α-hetero) is 1. The average Bonchev–Trinajstić information content (AvgIpc) is 3.41. The standard InChI is InChI=1S/C28H24N2O5S/c1-4-35-20-7-5-6-18(15-20)24-23(25(31)17-9-11-19(34-3)12-10-17)26(32)27(33)30(24)28-29-21-13-8-16(2)14-22(21)36-28/h5-15,24,31H,4H2,1-3H3. The fraction of sp³-hybridized carbons (Fsp3) is 0.179. The number of hydrogen-bond acceptors (Lipinski definition) is 7. The zero-order valence-corrected chi connectivity index (χ0v) is 20.8. The summed E-state index contributed by atoms with van der Waals surface area (Å²) in [5.41, 5.74) is 2.83. The van der Waals surface area contributed by atoms with Gasteiger partial charge < -0.3 is 14.6 Å². The molecule has 1 atom stereocenters. The Balaban J connectivity index is 1.71. The van der Waals surface area contributed by atoms with Gasteiger partial charge in [0, 0.05) is 5.56 Å². The number of rotatable bonds is 6. The van der Waals surface area contributed by atoms with Gasteiger partial charge in [0.1, 0.15) is 17.3 Å². The minimum atomic E-state index is -0.880. The van der Waals surface area contributed by atoms with Gasteiger partial charge >= 0.3 is 5.91 Å². The van der Waals surface area contributed by atoms with Crippen LogP contribution in [-0.4, -0.2) is 35.5 Å². The highest BCUT2D eigenvalue weighted by atomic mass is 32.1. The molecule has 3 aromatic carbocycles. The molecule has 36 heavy (non-hydrogen) atoms. The van der Waals surface area contributed by atoms with Gasteiger partial charge in [-0.25, -0.2) is 4.98 Å². The van der Waals surface area contributed by atoms with E-state index >= 15 is 0 Å². The van der Waals surface area contributed by atoms with Gasteiger partial charge in [0.15, 0.2) is 5.13 Å². The first-order chi connectivity index (χ1) is 17.4. The average molecular weight is 501 g/mol. The van der Waals surface area contributed by atoms with E-state index in [1.54, 1.807) is 43.5 Å². The van der Waals surface area contributed by atoms with E-state index in [-0.39, 0.29) is 11.3 Å². The summed E-state index contributed by atoms with van der Waals surface area (Å²) in [4.78, 5) is 32.9. The number of benzene rings is 3. The predicted octanol–water partition coefficient (Wildman–Crippen LogP) is 5.64. The van der Waals surface area contributed by atoms with Crippen LogP contribution >= 0.6 is 11.3 Å². The van der Waals surface area contributed by atoms with Crippen LogP contribution in [0.3, 0.4) is 0 Å². The first-order valence-corrected chi connectivity index (χ1v) is 12.3. The molecule has 1 aliphatic rings. The highest BCUT2D eigenvalue weighted by Gasteiger charge is 2.48. The van der Waals surface area contributed by atoms with Gasteiger partial charge in [0.05, 0.1) is 35.5 Å². The number of methoxy groups -OCH3 is 1. The van der Waals surface area contributed by atoms with Crippen molar-refractivity contribution in [3.8, 4) is 11.5 Å². The van der Waals surface area contributed by atoms with Crippen LogP contribution in [-0.2, 0) is 9.59 Å². The number of hydrogen-bond donors (Lipinski definition) is 1. The Morgan fingerprint density at radius 2 is 1.83 bits per heavy atom. The Hall–Kier alpha value is -4.17. The third-order valence-electron chi connectivity index (χ3n) is 6.03. The lowest BCUT2D eigenvalue weighted by Crippen LogP contribution is -2.29. The number of nitrogens with zero attached hydrogens (tertiary/aromatic N) is 2. The van der Waals surface area contributed by atoms with E-state index in [9.17, 15) is 14.7 Å². The van der Waals surface area contributed by atoms with Crippen molar-refractivity contribution in [2.24, 2.45) is 0 Å². The minimum Gasteiger partial charge on any atom is -0.507 e. The third kappa shape index (κ3) is 4.09. The Labute approximate surface area is 212 Å². The van der Waals surface area contributed by atoms with Crippen molar-refractivity contribution < 1.29 is 24.2 Å². The number of carbonyl (C=O) groups excluding carboxylic acids is 2. The van der Waals surface area contributed by atoms with Crippen LogP contribution in [0.2, 0.25) is 0 Å². The first kappa shape index (κ1) is 23.6. The van der Waals surface area contributed by atoms with E-state index in [1.807, 2.05) is 44.2 Å². The van der Waals surface area contributed by atoms with E-state index in [0.717, 1.165) is 15.8 Å². The molecule has 0 bridgehead atoms. The summed E-state index contributed by atoms with van der Waals surface area (Å²) >= 11 is 1.33. The smallest absolute Gasteiger partial charge is 0.301 e. The van der Waals surface area contributed by atoms with Gasteiger partial charge in [-0.05, 0) is 73.5 Å². The highest BCUT2D eigenvalue weighted by molar-refractivity contribution is 7.22. The molecule has 0 radical (unpaired) electrons. The van der Waals surface area contributed by atoms with Crippen molar-refractivity contribution in [3.63, 3.8) is 0 Å². The molecule has 1 aromatic heterocycles. The van der Waals surface area contributed by atoms with E-state index in [2.05, 4.69) is 4.98 Å². The molecule has 8 heteroatoms. The summed E-state index contributed by atoms with van der Waals surface area (Å²) in [6.45, 7) is 4.33. The molecule has 0 aliphatic carbocycles. The second kappa shape index (κ2) is 9.47. The lowest BCUT2D eigenvalue weighted by molar-refractivity contribution is -0.132. The molecule has 4 aromatic rings. The molecule has 182 valence electrons. The highest BCUT2D eigenvalue weighted by Crippen LogP contribution is 2.45. The van der Waals surface area contributed by atoms with Gasteiger partial charge in [0.2, 0.25) is 0 Å². The van der Waals surface area contributed by atoms with Crippen LogP contribution in [0.4, 0.5) is 5.13 Å². The van der Waals surface area contributed by atoms with E-state index in [4.69, 9.17) is 9.47 Å². The third-order valence-corrected chi connectivity index (χ3v) is 7.05. The molecular formula is C28H24N2O5S. The monoisotopic (exact) mass is 500 g/mol. The number of anilines is 1. The van der Waals surface area contributed by atoms with Crippen molar-refractivity contribution in [1.82, 2.24) is 4.98 Å². The number of amides is 1. The van der Waals surface area contributed by atoms with Gasteiger partial charge in [0.25, 0.3) is 5.78 Å². The summed E-state index contributed by atoms with van der Waals surface area (Å²) in [7, 11) is 1.55. The molecule has 5 rings (SSSR count). The van der Waals surface area contributed by atoms with Gasteiger partial charge in [-0.2, -0.15) is 0 Å². The molecule has 0 spiro atoms. The van der Waals surface area contributed by atoms with Crippen LogP contribution in [0, 0.1) is 6.92 Å². The number of aromatic nitrogens is 1. The van der Waals surface area contributed by atoms with Crippen molar-refractivity contribution in [1.29, 1.82) is 0 Å². The lowest BCUT2D eigenvalue weighted by atomic mass is 9.95. The summed E-state index contributed by atoms with van der Waals surface area (Å²) in [5, 5.41) is 11.7. The fourth-order valence-corrected chi connectivity index (χ4v) is 5.40. The summed E-state index contributed by atoms with van der Waals surface area (Å²) in [5.74, 6) is -0.566. The normalized spacial score (nSPS) is 17.1. The Morgan fingerprint density at radius 1 is 1.06 bits per heavy atom. The van der Waals surface area contributed by atoms with Crippen molar-refractivity contribution in [2.75, 3.05) is 18.6 Å². The Kier molecular flexibility index (Phi) is 6.20. The SMILES string of the molecule is CCOc1cccc(C2C(=C(O)c3ccc(OC)cc3)C(=O)C(=O)N2c2nc3ccc(C)cc3s2)c1. The molecule has 1 N–H and O–H groups in total. The summed E-state index contributed by atoms with van der Waals surface area (Å²) in [6.07, 6.45) is 0. The molecule has 1 aliphatic heterocycles. The molecule has 1 fully saturated rings. The molecule has 1 saturated heterocycles. The van der Waals surface area contributed by atoms with E-state index < -0.39 is 17.7 Å². The Morgan fingerprint density at radius 3 is 2.56 bits per heavy atom. The molecule has 7 nitrogen and oxygen atoms in total. The van der Waals surface area contributed by atoms with Crippen LogP contribution in [0.5, 0.6) is 11.5 Å². The molecule has 1 amide bonds. The zero-order chi connectivity index (χ0) is 25.4. The number of thiazole rings is 1. The maximum atomic E-state index is 13.4. The van der Waals surface area contributed by atoms with Crippen LogP contribution in [0.15, 0.2) is 72.3 Å². The van der Waals surface area contributed by atoms with E-state index in [0.29, 0.717) is 34.4 Å². The summed E-state index contributed by atoms with van der Waals surface area (Å²) < 4.78 is 11.8. The van der Waals surface area contributed by atoms with Crippen LogP contribution in [0.1, 0.15) is 29.7 Å². The van der Waals surface area contributed by atoms with Gasteiger partial charge in [-0.1, -0.05) is 29.5 Å². The Bertz CT molecular complexity index is 1510. The number of aliphatic hydroxyl groups is 1. The molecule has 1 unspecified atom stereocenters. The van der Waals surface area contributed by atoms with E-state index in [1.165, 1.54) is 16.2 Å². The number of aliphatic hydroxyl groups excluding tert-OH is 1. The summed E-state index contributed by atoms with van der Waals surface area (Å²) in [6, 6.07) is 18.8. The van der Waals surface area contributed by atoms with Crippen LogP contribution < -0.4 is 14.4 Å². The predicted molar refractivity (Wildman–Crippen MR) is 140 cm³/mol. The number of ether oxygens (including phenoxy) is 2. The van der Waals surface area contributed by atoms with Crippen molar-refractivity contribution >= 4 is 44.1 Å². The number of ketones is 1.